The van der Waals surface area contributed by atoms with Crippen LogP contribution in [0.3, 0.4) is 0 Å². The summed E-state index contributed by atoms with van der Waals surface area (Å²) in [6.45, 7) is 3.05. The molecule has 8 heteroatoms. The molecule has 5 rings (SSSR count). The van der Waals surface area contributed by atoms with Crippen LogP contribution in [0.5, 0.6) is 17.2 Å². The first-order valence-electron chi connectivity index (χ1n) is 13.6. The van der Waals surface area contributed by atoms with Gasteiger partial charge < -0.3 is 19.9 Å². The summed E-state index contributed by atoms with van der Waals surface area (Å²) < 4.78 is 12.3. The van der Waals surface area contributed by atoms with Gasteiger partial charge in [-0.05, 0) is 43.7 Å². The number of pyridine rings is 1. The molecule has 0 radical (unpaired) electrons. The van der Waals surface area contributed by atoms with Gasteiger partial charge >= 0.3 is 0 Å². The van der Waals surface area contributed by atoms with E-state index in [4.69, 9.17) is 9.47 Å². The predicted octanol–water partition coefficient (Wildman–Crippen LogP) is 4.58. The van der Waals surface area contributed by atoms with Crippen molar-refractivity contribution in [2.24, 2.45) is 0 Å². The van der Waals surface area contributed by atoms with Crippen molar-refractivity contribution >= 4 is 11.7 Å². The number of anilines is 1. The maximum Gasteiger partial charge on any atom is 0.225 e. The van der Waals surface area contributed by atoms with Crippen LogP contribution < -0.4 is 25.4 Å². The molecule has 0 unspecified atom stereocenters. The summed E-state index contributed by atoms with van der Waals surface area (Å²) in [5, 5.41) is 19.7. The fourth-order valence-electron chi connectivity index (χ4n) is 5.32. The lowest BCUT2D eigenvalue weighted by Crippen LogP contribution is -2.45. The fraction of sp³-hybridized carbons (Fsp3) is 0.571. The van der Waals surface area contributed by atoms with E-state index in [1.54, 1.807) is 6.20 Å². The molecule has 8 nitrogen and oxygen atoms in total. The van der Waals surface area contributed by atoms with E-state index in [-0.39, 0.29) is 24.0 Å². The predicted molar refractivity (Wildman–Crippen MR) is 138 cm³/mol. The molecule has 1 aromatic heterocycles. The molecular weight excluding hydrogens is 456 g/mol. The molecule has 3 aliphatic rings. The molecule has 1 aliphatic carbocycles. The molecule has 1 fully saturated rings. The number of hydrogen-bond acceptors (Lipinski definition) is 7. The van der Waals surface area contributed by atoms with Gasteiger partial charge in [-0.15, -0.1) is 0 Å². The number of aliphatic hydroxyl groups excluding tert-OH is 1. The zero-order valence-corrected chi connectivity index (χ0v) is 21.1. The summed E-state index contributed by atoms with van der Waals surface area (Å²) in [6, 6.07) is 7.79. The highest BCUT2D eigenvalue weighted by Gasteiger charge is 2.59. The number of unbranched alkanes of at least 4 members (excludes halogenated alkanes) is 7. The Kier molecular flexibility index (Phi) is 8.04. The van der Waals surface area contributed by atoms with Gasteiger partial charge in [0.2, 0.25) is 5.91 Å². The molecule has 36 heavy (non-hydrogen) atoms. The van der Waals surface area contributed by atoms with E-state index in [9.17, 15) is 9.90 Å². The highest BCUT2D eigenvalue weighted by atomic mass is 16.5. The number of hydrogen-bond donors (Lipinski definition) is 4. The molecular formula is C28H38N4O4. The molecule has 2 aliphatic heterocycles. The quantitative estimate of drug-likeness (QED) is 0.225. The molecule has 0 spiro atoms. The lowest BCUT2D eigenvalue weighted by atomic mass is 10.1. The molecule has 1 amide bonds. The summed E-state index contributed by atoms with van der Waals surface area (Å²) in [5.74, 6) is 3.07. The lowest BCUT2D eigenvalue weighted by molar-refractivity contribution is -0.116. The third-order valence-corrected chi connectivity index (χ3v) is 7.38. The van der Waals surface area contributed by atoms with Crippen LogP contribution in [-0.4, -0.2) is 41.0 Å². The van der Waals surface area contributed by atoms with Crippen molar-refractivity contribution in [1.82, 2.24) is 15.6 Å². The van der Waals surface area contributed by atoms with Crippen LogP contribution in [-0.2, 0) is 11.2 Å². The van der Waals surface area contributed by atoms with Gasteiger partial charge in [0.15, 0.2) is 6.35 Å². The first-order valence-corrected chi connectivity index (χ1v) is 13.6. The van der Waals surface area contributed by atoms with Gasteiger partial charge in [-0.2, -0.15) is 0 Å². The number of ether oxygens (including phenoxy) is 2. The van der Waals surface area contributed by atoms with Gasteiger partial charge in [-0.3, -0.25) is 15.4 Å². The van der Waals surface area contributed by atoms with E-state index in [1.165, 1.54) is 44.9 Å². The van der Waals surface area contributed by atoms with Crippen molar-refractivity contribution in [3.63, 3.8) is 0 Å². The fourth-order valence-corrected chi connectivity index (χ4v) is 5.32. The van der Waals surface area contributed by atoms with Crippen LogP contribution in [0.4, 0.5) is 5.82 Å². The third kappa shape index (κ3) is 5.82. The number of carbonyl (C=O) groups is 1. The van der Waals surface area contributed by atoms with Crippen molar-refractivity contribution in [2.45, 2.75) is 95.5 Å². The van der Waals surface area contributed by atoms with Gasteiger partial charge in [0.1, 0.15) is 29.2 Å². The molecule has 4 atom stereocenters. The number of amides is 1. The Balaban J connectivity index is 1.08. The highest BCUT2D eigenvalue weighted by Crippen LogP contribution is 2.54. The molecule has 0 saturated heterocycles. The van der Waals surface area contributed by atoms with E-state index >= 15 is 0 Å². The number of carbonyl (C=O) groups excluding carboxylic acids is 1. The Hall–Kier alpha value is -2.68. The third-order valence-electron chi connectivity index (χ3n) is 7.38. The van der Waals surface area contributed by atoms with Gasteiger partial charge in [-0.1, -0.05) is 51.9 Å². The van der Waals surface area contributed by atoms with Crippen LogP contribution in [0, 0.1) is 0 Å². The normalized spacial score (nSPS) is 22.2. The minimum absolute atomic E-state index is 0.0189. The standard InChI is InChI=1S/C28H38N4O4/c1-2-3-4-5-6-7-8-9-15-30-28(34)32-25-24-20-17-18(10-12-21(20)36-26(24)25)35-22-14-16-29-27-19(22)11-13-23(33)31-27/h10,12,14,16-17,24-26,28,30,32,34H,2-9,11,13,15H2,1H3,(H,29,31,33)/t24-,25-,26-,28+/m0/s1. The van der Waals surface area contributed by atoms with E-state index in [2.05, 4.69) is 27.9 Å². The smallest absolute Gasteiger partial charge is 0.225 e. The average molecular weight is 495 g/mol. The summed E-state index contributed by atoms with van der Waals surface area (Å²) in [6.07, 6.45) is 12.2. The number of fused-ring (bicyclic) bond motifs is 4. The van der Waals surface area contributed by atoms with Gasteiger partial charge in [-0.25, -0.2) is 4.98 Å². The second-order valence-corrected chi connectivity index (χ2v) is 10.1. The van der Waals surface area contributed by atoms with Crippen LogP contribution >= 0.6 is 0 Å². The first kappa shape index (κ1) is 25.0. The Morgan fingerprint density at radius 2 is 1.94 bits per heavy atom. The summed E-state index contributed by atoms with van der Waals surface area (Å²) in [4.78, 5) is 15.9. The lowest BCUT2D eigenvalue weighted by Gasteiger charge is -2.19. The van der Waals surface area contributed by atoms with E-state index < -0.39 is 6.35 Å². The zero-order chi connectivity index (χ0) is 24.9. The van der Waals surface area contributed by atoms with Crippen molar-refractivity contribution in [2.75, 3.05) is 11.9 Å². The van der Waals surface area contributed by atoms with E-state index in [0.717, 1.165) is 35.6 Å². The largest absolute Gasteiger partial charge is 0.488 e. The zero-order valence-electron chi connectivity index (χ0n) is 21.1. The number of aliphatic hydroxyl groups is 1. The van der Waals surface area contributed by atoms with Crippen LogP contribution in [0.1, 0.15) is 81.8 Å². The molecule has 194 valence electrons. The second kappa shape index (κ2) is 11.6. The average Bonchev–Trinajstić information content (AvgIpc) is 3.39. The van der Waals surface area contributed by atoms with E-state index in [1.807, 2.05) is 24.3 Å². The molecule has 4 N–H and O–H groups in total. The van der Waals surface area contributed by atoms with Crippen molar-refractivity contribution in [3.8, 4) is 17.2 Å². The number of aromatic nitrogens is 1. The van der Waals surface area contributed by atoms with Crippen LogP contribution in [0.25, 0.3) is 0 Å². The van der Waals surface area contributed by atoms with Gasteiger partial charge in [0, 0.05) is 29.7 Å². The highest BCUT2D eigenvalue weighted by molar-refractivity contribution is 5.93. The Morgan fingerprint density at radius 1 is 1.14 bits per heavy atom. The Bertz CT molecular complexity index is 1060. The number of nitrogens with one attached hydrogen (secondary N) is 3. The summed E-state index contributed by atoms with van der Waals surface area (Å²) in [5.41, 5.74) is 2.02. The summed E-state index contributed by atoms with van der Waals surface area (Å²) in [7, 11) is 0. The molecule has 3 heterocycles. The SMILES string of the molecule is CCCCCCCCCCN[C@@H](O)N[C@@H]1[C@H]2Oc3ccc(Oc4ccnc5c4CCC(=O)N5)cc3[C@@H]12. The van der Waals surface area contributed by atoms with Crippen LogP contribution in [0.15, 0.2) is 30.5 Å². The maximum atomic E-state index is 11.7. The summed E-state index contributed by atoms with van der Waals surface area (Å²) >= 11 is 0. The van der Waals surface area contributed by atoms with Gasteiger partial charge in [0.25, 0.3) is 0 Å². The maximum absolute atomic E-state index is 11.7. The topological polar surface area (TPSA) is 105 Å². The minimum atomic E-state index is -0.741. The van der Waals surface area contributed by atoms with Crippen molar-refractivity contribution in [1.29, 1.82) is 0 Å². The number of nitrogens with zero attached hydrogens (tertiary/aromatic N) is 1. The second-order valence-electron chi connectivity index (χ2n) is 10.1. The molecule has 2 aromatic rings. The molecule has 1 saturated carbocycles. The molecule has 0 bridgehead atoms. The minimum Gasteiger partial charge on any atom is -0.488 e. The molecule has 1 aromatic carbocycles. The number of rotatable bonds is 14. The monoisotopic (exact) mass is 494 g/mol. The van der Waals surface area contributed by atoms with Crippen molar-refractivity contribution < 1.29 is 19.4 Å². The van der Waals surface area contributed by atoms with Crippen LogP contribution in [0.2, 0.25) is 0 Å². The van der Waals surface area contributed by atoms with Gasteiger partial charge in [0.05, 0.1) is 6.04 Å². The number of benzene rings is 1. The first-order chi connectivity index (χ1) is 17.6. The van der Waals surface area contributed by atoms with Crippen molar-refractivity contribution in [3.05, 3.63) is 41.6 Å². The Morgan fingerprint density at radius 3 is 2.78 bits per heavy atom. The Labute approximate surface area is 213 Å². The van der Waals surface area contributed by atoms with E-state index in [0.29, 0.717) is 24.4 Å².